The van der Waals surface area contributed by atoms with E-state index in [2.05, 4.69) is 0 Å². The van der Waals surface area contributed by atoms with Crippen molar-refractivity contribution < 1.29 is 9.53 Å². The van der Waals surface area contributed by atoms with E-state index in [1.807, 2.05) is 12.1 Å². The first kappa shape index (κ1) is 11.6. The van der Waals surface area contributed by atoms with Crippen LogP contribution in [0.1, 0.15) is 35.2 Å². The van der Waals surface area contributed by atoms with Gasteiger partial charge in [0, 0.05) is 17.4 Å². The minimum atomic E-state index is 0.271. The lowest BCUT2D eigenvalue weighted by molar-refractivity contribution is 0.0941. The molecule has 0 spiro atoms. The number of halogens is 1. The van der Waals surface area contributed by atoms with Gasteiger partial charge >= 0.3 is 0 Å². The maximum atomic E-state index is 12.9. The fraction of sp³-hybridized carbons (Fsp3) is 0.588. The molecule has 2 nitrogen and oxygen atoms in total. The fourth-order valence-corrected chi connectivity index (χ4v) is 5.55. The third kappa shape index (κ3) is 1.38. The highest BCUT2D eigenvalue weighted by molar-refractivity contribution is 6.31. The Bertz CT molecular complexity index is 608. The average molecular weight is 289 g/mol. The molecule has 4 atom stereocenters. The van der Waals surface area contributed by atoms with Crippen molar-refractivity contribution in [2.75, 3.05) is 6.61 Å². The molecule has 2 bridgehead atoms. The first-order valence-corrected chi connectivity index (χ1v) is 8.11. The van der Waals surface area contributed by atoms with Crippen molar-refractivity contribution in [1.29, 1.82) is 0 Å². The lowest BCUT2D eigenvalue weighted by Gasteiger charge is -2.11. The summed E-state index contributed by atoms with van der Waals surface area (Å²) in [6.45, 7) is 0.679. The lowest BCUT2D eigenvalue weighted by atomic mass is 9.95. The monoisotopic (exact) mass is 288 g/mol. The zero-order chi connectivity index (χ0) is 13.4. The summed E-state index contributed by atoms with van der Waals surface area (Å²) in [6.07, 6.45) is 4.95. The predicted octanol–water partition coefficient (Wildman–Crippen LogP) is 3.75. The molecule has 1 aromatic carbocycles. The van der Waals surface area contributed by atoms with Gasteiger partial charge in [-0.05, 0) is 60.6 Å². The summed E-state index contributed by atoms with van der Waals surface area (Å²) < 4.78 is 5.70. The molecule has 1 heterocycles. The van der Waals surface area contributed by atoms with E-state index in [-0.39, 0.29) is 5.92 Å². The molecule has 4 unspecified atom stereocenters. The number of carbonyl (C=O) groups excluding carboxylic acids is 1. The van der Waals surface area contributed by atoms with Gasteiger partial charge in [0.15, 0.2) is 5.78 Å². The van der Waals surface area contributed by atoms with Gasteiger partial charge in [-0.2, -0.15) is 0 Å². The fourth-order valence-electron chi connectivity index (χ4n) is 5.31. The molecule has 0 saturated heterocycles. The second kappa shape index (κ2) is 3.79. The Kier molecular flexibility index (Phi) is 2.20. The van der Waals surface area contributed by atoms with Crippen molar-refractivity contribution in [3.8, 4) is 5.75 Å². The normalized spacial score (nSPS) is 39.4. The molecule has 0 amide bonds. The number of hydrogen-bond acceptors (Lipinski definition) is 2. The maximum Gasteiger partial charge on any atom is 0.170 e. The molecule has 20 heavy (non-hydrogen) atoms. The van der Waals surface area contributed by atoms with Gasteiger partial charge in [-0.3, -0.25) is 4.79 Å². The third-order valence-electron chi connectivity index (χ3n) is 6.05. The predicted molar refractivity (Wildman–Crippen MR) is 76.3 cm³/mol. The van der Waals surface area contributed by atoms with E-state index in [1.54, 1.807) is 0 Å². The van der Waals surface area contributed by atoms with Crippen LogP contribution in [-0.4, -0.2) is 12.4 Å². The minimum absolute atomic E-state index is 0.271. The second-order valence-corrected chi connectivity index (χ2v) is 7.35. The van der Waals surface area contributed by atoms with Crippen LogP contribution in [0.15, 0.2) is 12.1 Å². The number of ketones is 1. The number of fused-ring (bicyclic) bond motifs is 6. The van der Waals surface area contributed by atoms with Gasteiger partial charge in [0.25, 0.3) is 0 Å². The zero-order valence-electron chi connectivity index (χ0n) is 11.3. The first-order chi connectivity index (χ1) is 9.74. The van der Waals surface area contributed by atoms with Gasteiger partial charge in [-0.1, -0.05) is 11.6 Å². The smallest absolute Gasteiger partial charge is 0.170 e. The summed E-state index contributed by atoms with van der Waals surface area (Å²) in [5.74, 6) is 4.40. The largest absolute Gasteiger partial charge is 0.492 e. The van der Waals surface area contributed by atoms with E-state index in [0.29, 0.717) is 29.2 Å². The molecule has 3 saturated carbocycles. The molecule has 3 heteroatoms. The van der Waals surface area contributed by atoms with Crippen LogP contribution in [0.3, 0.4) is 0 Å². The van der Waals surface area contributed by atoms with E-state index in [4.69, 9.17) is 16.3 Å². The average Bonchev–Trinajstić information content (AvgIpc) is 2.84. The number of ether oxygens (including phenoxy) is 1. The summed E-state index contributed by atoms with van der Waals surface area (Å²) >= 11 is 6.18. The van der Waals surface area contributed by atoms with Gasteiger partial charge in [0.05, 0.1) is 12.2 Å². The first-order valence-electron chi connectivity index (χ1n) is 7.73. The highest BCUT2D eigenvalue weighted by Gasteiger charge is 2.67. The molecule has 5 rings (SSSR count). The van der Waals surface area contributed by atoms with Crippen LogP contribution < -0.4 is 4.74 Å². The molecule has 1 aliphatic heterocycles. The zero-order valence-corrected chi connectivity index (χ0v) is 12.0. The molecule has 3 fully saturated rings. The highest BCUT2D eigenvalue weighted by Crippen LogP contribution is 2.70. The molecular weight excluding hydrogens is 272 g/mol. The molecule has 104 valence electrons. The van der Waals surface area contributed by atoms with Crippen molar-refractivity contribution in [2.45, 2.75) is 25.7 Å². The van der Waals surface area contributed by atoms with E-state index in [0.717, 1.165) is 35.1 Å². The number of benzene rings is 1. The second-order valence-electron chi connectivity index (χ2n) is 6.92. The van der Waals surface area contributed by atoms with Crippen molar-refractivity contribution in [3.05, 3.63) is 28.3 Å². The quantitative estimate of drug-likeness (QED) is 0.775. The Hall–Kier alpha value is -1.02. The lowest BCUT2D eigenvalue weighted by Crippen LogP contribution is -2.11. The van der Waals surface area contributed by atoms with Crippen LogP contribution in [0.5, 0.6) is 5.75 Å². The Morgan fingerprint density at radius 3 is 2.70 bits per heavy atom. The Labute approximate surface area is 123 Å². The molecule has 0 aromatic heterocycles. The minimum Gasteiger partial charge on any atom is -0.492 e. The van der Waals surface area contributed by atoms with E-state index in [1.165, 1.54) is 19.3 Å². The summed E-state index contributed by atoms with van der Waals surface area (Å²) in [5, 5.41) is 0.673. The van der Waals surface area contributed by atoms with E-state index in [9.17, 15) is 4.79 Å². The molecule has 4 aliphatic rings. The number of Topliss-reactive ketones (excluding diaryl/α,β-unsaturated/α-hetero) is 1. The van der Waals surface area contributed by atoms with E-state index >= 15 is 0 Å². The Balaban J connectivity index is 1.51. The maximum absolute atomic E-state index is 12.9. The Morgan fingerprint density at radius 1 is 1.20 bits per heavy atom. The van der Waals surface area contributed by atoms with Crippen LogP contribution >= 0.6 is 11.6 Å². The SMILES string of the molecule is O=C(c1cc(Cl)cc2c1OCC2)C1C2C3CCC(C3)C12. The summed E-state index contributed by atoms with van der Waals surface area (Å²) in [4.78, 5) is 12.9. The topological polar surface area (TPSA) is 26.3 Å². The van der Waals surface area contributed by atoms with Gasteiger partial charge in [-0.25, -0.2) is 0 Å². The molecule has 0 radical (unpaired) electrons. The van der Waals surface area contributed by atoms with Crippen molar-refractivity contribution in [1.82, 2.24) is 0 Å². The standard InChI is InChI=1S/C17H17ClO2/c18-11-6-10-3-4-20-17(10)12(7-11)16(19)15-13-8-1-2-9(5-8)14(13)15/h6-9,13-15H,1-5H2. The van der Waals surface area contributed by atoms with Crippen LogP contribution in [0.25, 0.3) is 0 Å². The van der Waals surface area contributed by atoms with Crippen LogP contribution in [0.2, 0.25) is 5.02 Å². The van der Waals surface area contributed by atoms with Gasteiger partial charge in [0.1, 0.15) is 5.75 Å². The van der Waals surface area contributed by atoms with Crippen LogP contribution in [0.4, 0.5) is 0 Å². The van der Waals surface area contributed by atoms with Gasteiger partial charge in [0.2, 0.25) is 0 Å². The highest BCUT2D eigenvalue weighted by atomic mass is 35.5. The number of hydrogen-bond donors (Lipinski definition) is 0. The Morgan fingerprint density at radius 2 is 1.95 bits per heavy atom. The summed E-state index contributed by atoms with van der Waals surface area (Å²) in [6, 6.07) is 3.77. The summed E-state index contributed by atoms with van der Waals surface area (Å²) in [5.41, 5.74) is 1.86. The van der Waals surface area contributed by atoms with Crippen LogP contribution in [0, 0.1) is 29.6 Å². The van der Waals surface area contributed by atoms with Crippen molar-refractivity contribution in [2.24, 2.45) is 29.6 Å². The molecule has 0 N–H and O–H groups in total. The molecule has 1 aromatic rings. The van der Waals surface area contributed by atoms with Gasteiger partial charge < -0.3 is 4.74 Å². The van der Waals surface area contributed by atoms with Crippen molar-refractivity contribution >= 4 is 17.4 Å². The van der Waals surface area contributed by atoms with E-state index < -0.39 is 0 Å². The van der Waals surface area contributed by atoms with Crippen molar-refractivity contribution in [3.63, 3.8) is 0 Å². The molecular formula is C17H17ClO2. The number of carbonyl (C=O) groups is 1. The third-order valence-corrected chi connectivity index (χ3v) is 6.27. The summed E-state index contributed by atoms with van der Waals surface area (Å²) in [7, 11) is 0. The van der Waals surface area contributed by atoms with Crippen LogP contribution in [-0.2, 0) is 6.42 Å². The van der Waals surface area contributed by atoms with Gasteiger partial charge in [-0.15, -0.1) is 0 Å². The molecule has 3 aliphatic carbocycles. The number of rotatable bonds is 2.